The molecule has 0 unspecified atom stereocenters. The molecule has 21 heavy (non-hydrogen) atoms. The highest BCUT2D eigenvalue weighted by molar-refractivity contribution is 6.33. The Morgan fingerprint density at radius 1 is 1.33 bits per heavy atom. The zero-order valence-electron chi connectivity index (χ0n) is 11.1. The number of halogens is 1. The zero-order valence-corrected chi connectivity index (χ0v) is 11.9. The number of nitrogens with zero attached hydrogens (tertiary/aromatic N) is 2. The van der Waals surface area contributed by atoms with Gasteiger partial charge in [0.05, 0.1) is 4.92 Å². The molecule has 0 spiro atoms. The Kier molecular flexibility index (Phi) is 4.42. The van der Waals surface area contributed by atoms with Crippen molar-refractivity contribution in [1.29, 1.82) is 0 Å². The fraction of sp³-hybridized carbons (Fsp3) is 0.385. The van der Waals surface area contributed by atoms with Gasteiger partial charge in [-0.15, -0.1) is 0 Å². The molecule has 0 aromatic heterocycles. The molecule has 0 bridgehead atoms. The van der Waals surface area contributed by atoms with Crippen LogP contribution in [0.2, 0.25) is 5.02 Å². The number of nitro benzene ring substituents is 1. The lowest BCUT2D eigenvalue weighted by atomic mass is 9.95. The molecule has 8 heteroatoms. The number of nitro groups is 1. The van der Waals surface area contributed by atoms with Crippen molar-refractivity contribution < 1.29 is 14.5 Å². The first-order valence-electron chi connectivity index (χ1n) is 6.43. The van der Waals surface area contributed by atoms with Crippen LogP contribution < -0.4 is 5.73 Å². The largest absolute Gasteiger partial charge is 0.369 e. The second-order valence-electron chi connectivity index (χ2n) is 4.86. The maximum absolute atomic E-state index is 12.4. The van der Waals surface area contributed by atoms with Crippen molar-refractivity contribution in [2.75, 3.05) is 13.1 Å². The summed E-state index contributed by atoms with van der Waals surface area (Å²) in [6.45, 7) is 0.687. The molecule has 1 aliphatic rings. The lowest BCUT2D eigenvalue weighted by Crippen LogP contribution is -2.41. The van der Waals surface area contributed by atoms with Crippen LogP contribution in [0.5, 0.6) is 0 Å². The lowest BCUT2D eigenvalue weighted by molar-refractivity contribution is -0.385. The first-order valence-corrected chi connectivity index (χ1v) is 6.81. The molecule has 1 saturated heterocycles. The Hall–Kier alpha value is -2.15. The zero-order chi connectivity index (χ0) is 15.6. The van der Waals surface area contributed by atoms with Gasteiger partial charge in [0.2, 0.25) is 5.91 Å². The molecule has 0 saturated carbocycles. The van der Waals surface area contributed by atoms with Crippen molar-refractivity contribution in [3.05, 3.63) is 38.9 Å². The summed E-state index contributed by atoms with van der Waals surface area (Å²) in [6.07, 6.45) is 0.935. The first-order chi connectivity index (χ1) is 9.91. The van der Waals surface area contributed by atoms with Gasteiger partial charge in [0.25, 0.3) is 5.91 Å². The van der Waals surface area contributed by atoms with Crippen LogP contribution in [0.25, 0.3) is 0 Å². The summed E-state index contributed by atoms with van der Waals surface area (Å²) in [6, 6.07) is 4.25. The number of likely N-dealkylation sites (tertiary alicyclic amines) is 1. The third-order valence-corrected chi connectivity index (χ3v) is 3.89. The second-order valence-corrected chi connectivity index (χ2v) is 5.27. The van der Waals surface area contributed by atoms with Gasteiger partial charge in [-0.3, -0.25) is 19.7 Å². The van der Waals surface area contributed by atoms with Gasteiger partial charge in [-0.25, -0.2) is 0 Å². The van der Waals surface area contributed by atoms with E-state index in [-0.39, 0.29) is 28.1 Å². The summed E-state index contributed by atoms with van der Waals surface area (Å²) >= 11 is 5.80. The van der Waals surface area contributed by atoms with E-state index in [1.54, 1.807) is 0 Å². The lowest BCUT2D eigenvalue weighted by Gasteiger charge is -2.30. The number of hydrogen-bond donors (Lipinski definition) is 1. The predicted octanol–water partition coefficient (Wildman–Crippen LogP) is 1.59. The smallest absolute Gasteiger partial charge is 0.300 e. The summed E-state index contributed by atoms with van der Waals surface area (Å²) in [5, 5.41) is 11.0. The van der Waals surface area contributed by atoms with Crippen LogP contribution in [0.1, 0.15) is 23.2 Å². The summed E-state index contributed by atoms with van der Waals surface area (Å²) < 4.78 is 0. The van der Waals surface area contributed by atoms with Crippen molar-refractivity contribution in [1.82, 2.24) is 4.90 Å². The van der Waals surface area contributed by atoms with E-state index in [1.165, 1.54) is 23.1 Å². The van der Waals surface area contributed by atoms with E-state index in [1.807, 2.05) is 0 Å². The molecule has 0 aliphatic carbocycles. The van der Waals surface area contributed by atoms with Crippen molar-refractivity contribution in [2.45, 2.75) is 12.8 Å². The quantitative estimate of drug-likeness (QED) is 0.675. The SMILES string of the molecule is NC(=O)C1CCN(C(=O)c2cccc(Cl)c2[N+](=O)[O-])CC1. The third-order valence-electron chi connectivity index (χ3n) is 3.58. The topological polar surface area (TPSA) is 107 Å². The fourth-order valence-corrected chi connectivity index (χ4v) is 2.65. The molecule has 1 aliphatic heterocycles. The standard InChI is InChI=1S/C13H14ClN3O4/c14-10-3-1-2-9(11(10)17(20)21)13(19)16-6-4-8(5-7-16)12(15)18/h1-3,8H,4-7H2,(H2,15,18). The van der Waals surface area contributed by atoms with Gasteiger partial charge in [-0.2, -0.15) is 0 Å². The highest BCUT2D eigenvalue weighted by atomic mass is 35.5. The van der Waals surface area contributed by atoms with Crippen molar-refractivity contribution in [2.24, 2.45) is 11.7 Å². The van der Waals surface area contributed by atoms with E-state index in [0.717, 1.165) is 0 Å². The fourth-order valence-electron chi connectivity index (χ4n) is 2.41. The first kappa shape index (κ1) is 15.2. The molecule has 1 heterocycles. The number of piperidine rings is 1. The van der Waals surface area contributed by atoms with Crippen LogP contribution in [-0.2, 0) is 4.79 Å². The summed E-state index contributed by atoms with van der Waals surface area (Å²) in [5.41, 5.74) is 4.81. The number of carbonyl (C=O) groups excluding carboxylic acids is 2. The molecule has 1 aromatic carbocycles. The Morgan fingerprint density at radius 2 is 1.95 bits per heavy atom. The minimum Gasteiger partial charge on any atom is -0.369 e. The number of primary amides is 1. The van der Waals surface area contributed by atoms with Crippen molar-refractivity contribution in [3.63, 3.8) is 0 Å². The van der Waals surface area contributed by atoms with Crippen LogP contribution in [0.4, 0.5) is 5.69 Å². The monoisotopic (exact) mass is 311 g/mol. The van der Waals surface area contributed by atoms with Crippen molar-refractivity contribution in [3.8, 4) is 0 Å². The molecule has 2 rings (SSSR count). The molecule has 112 valence electrons. The third kappa shape index (κ3) is 3.13. The average molecular weight is 312 g/mol. The van der Waals surface area contributed by atoms with Crippen LogP contribution in [0.3, 0.4) is 0 Å². The van der Waals surface area contributed by atoms with Gasteiger partial charge in [0, 0.05) is 19.0 Å². The van der Waals surface area contributed by atoms with E-state index >= 15 is 0 Å². The number of carbonyl (C=O) groups is 2. The van der Waals surface area contributed by atoms with Gasteiger partial charge in [-0.1, -0.05) is 17.7 Å². The summed E-state index contributed by atoms with van der Waals surface area (Å²) in [5.74, 6) is -1.08. The van der Waals surface area contributed by atoms with Crippen LogP contribution in [-0.4, -0.2) is 34.7 Å². The number of hydrogen-bond acceptors (Lipinski definition) is 4. The van der Waals surface area contributed by atoms with E-state index in [0.29, 0.717) is 25.9 Å². The van der Waals surface area contributed by atoms with Crippen molar-refractivity contribution >= 4 is 29.1 Å². The minimum absolute atomic E-state index is 0.0370. The Labute approximate surface area is 125 Å². The van der Waals surface area contributed by atoms with E-state index in [2.05, 4.69) is 0 Å². The highest BCUT2D eigenvalue weighted by Crippen LogP contribution is 2.30. The second kappa shape index (κ2) is 6.09. The molecule has 0 atom stereocenters. The van der Waals surface area contributed by atoms with Gasteiger partial charge in [0.15, 0.2) is 0 Å². The number of rotatable bonds is 3. The Balaban J connectivity index is 2.20. The van der Waals surface area contributed by atoms with E-state index in [4.69, 9.17) is 17.3 Å². The summed E-state index contributed by atoms with van der Waals surface area (Å²) in [4.78, 5) is 35.4. The normalized spacial score (nSPS) is 15.8. The molecule has 2 amide bonds. The predicted molar refractivity (Wildman–Crippen MR) is 75.9 cm³/mol. The Bertz CT molecular complexity index is 597. The van der Waals surface area contributed by atoms with Crippen LogP contribution in [0, 0.1) is 16.0 Å². The van der Waals surface area contributed by atoms with E-state index in [9.17, 15) is 19.7 Å². The number of nitrogens with two attached hydrogens (primary N) is 1. The van der Waals surface area contributed by atoms with Gasteiger partial charge >= 0.3 is 5.69 Å². The maximum Gasteiger partial charge on any atom is 0.300 e. The molecular weight excluding hydrogens is 298 g/mol. The van der Waals surface area contributed by atoms with E-state index < -0.39 is 10.8 Å². The van der Waals surface area contributed by atoms with Crippen LogP contribution >= 0.6 is 11.6 Å². The Morgan fingerprint density at radius 3 is 2.48 bits per heavy atom. The van der Waals surface area contributed by atoms with Gasteiger partial charge in [-0.05, 0) is 25.0 Å². The van der Waals surface area contributed by atoms with Gasteiger partial charge in [0.1, 0.15) is 10.6 Å². The number of benzene rings is 1. The molecule has 1 fully saturated rings. The number of para-hydroxylation sites is 1. The molecule has 1 aromatic rings. The molecule has 0 radical (unpaired) electrons. The maximum atomic E-state index is 12.4. The van der Waals surface area contributed by atoms with Gasteiger partial charge < -0.3 is 10.6 Å². The summed E-state index contributed by atoms with van der Waals surface area (Å²) in [7, 11) is 0. The average Bonchev–Trinajstić information content (AvgIpc) is 2.46. The number of amides is 2. The molecular formula is C13H14ClN3O4. The molecule has 2 N–H and O–H groups in total. The van der Waals surface area contributed by atoms with Crippen LogP contribution in [0.15, 0.2) is 18.2 Å². The highest BCUT2D eigenvalue weighted by Gasteiger charge is 2.31. The molecule has 7 nitrogen and oxygen atoms in total. The minimum atomic E-state index is -0.661.